The van der Waals surface area contributed by atoms with E-state index in [4.69, 9.17) is 0 Å². The van der Waals surface area contributed by atoms with E-state index < -0.39 is 10.0 Å². The van der Waals surface area contributed by atoms with Crippen LogP contribution in [0, 0.1) is 6.92 Å². The second-order valence-corrected chi connectivity index (χ2v) is 9.51. The van der Waals surface area contributed by atoms with E-state index in [1.807, 2.05) is 24.3 Å². The summed E-state index contributed by atoms with van der Waals surface area (Å²) < 4.78 is 28.2. The Kier molecular flexibility index (Phi) is 4.84. The lowest BCUT2D eigenvalue weighted by atomic mass is 10.3. The minimum Gasteiger partial charge on any atom is -0.297 e. The third kappa shape index (κ3) is 3.75. The van der Waals surface area contributed by atoms with Crippen LogP contribution in [0.25, 0.3) is 10.2 Å². The molecule has 0 aliphatic heterocycles. The molecular weight excluding hydrogens is 416 g/mol. The van der Waals surface area contributed by atoms with Gasteiger partial charge < -0.3 is 0 Å². The summed E-state index contributed by atoms with van der Waals surface area (Å²) in [5.41, 5.74) is 1.24. The number of aryl methyl sites for hydroxylation is 1. The Bertz CT molecular complexity index is 1230. The van der Waals surface area contributed by atoms with Crippen LogP contribution in [0.3, 0.4) is 0 Å². The van der Waals surface area contributed by atoms with Crippen molar-refractivity contribution in [1.29, 1.82) is 0 Å². The topological polar surface area (TPSA) is 101 Å². The molecule has 0 fully saturated rings. The molecule has 2 heterocycles. The van der Waals surface area contributed by atoms with Gasteiger partial charge in [0.15, 0.2) is 10.3 Å². The Hall–Kier alpha value is -2.82. The van der Waals surface area contributed by atoms with Crippen LogP contribution in [0.5, 0.6) is 0 Å². The highest BCUT2D eigenvalue weighted by Gasteiger charge is 2.21. The van der Waals surface area contributed by atoms with Crippen molar-refractivity contribution in [2.24, 2.45) is 0 Å². The second-order valence-electron chi connectivity index (χ2n) is 5.79. The van der Waals surface area contributed by atoms with Crippen LogP contribution in [0.15, 0.2) is 59.5 Å². The normalized spacial score (nSPS) is 11.5. The average molecular weight is 431 g/mol. The van der Waals surface area contributed by atoms with Crippen LogP contribution in [0.2, 0.25) is 0 Å². The van der Waals surface area contributed by atoms with E-state index in [1.54, 1.807) is 25.1 Å². The quantitative estimate of drug-likeness (QED) is 0.496. The summed E-state index contributed by atoms with van der Waals surface area (Å²) in [6, 6.07) is 15.6. The lowest BCUT2D eigenvalue weighted by molar-refractivity contribution is 0.103. The lowest BCUT2D eigenvalue weighted by Gasteiger charge is -2.04. The molecule has 142 valence electrons. The van der Waals surface area contributed by atoms with Gasteiger partial charge >= 0.3 is 0 Å². The molecule has 4 rings (SSSR count). The van der Waals surface area contributed by atoms with Crippen LogP contribution in [-0.4, -0.2) is 24.3 Å². The molecule has 1 amide bonds. The Balaban J connectivity index is 1.54. The number of rotatable bonds is 5. The predicted octanol–water partition coefficient (Wildman–Crippen LogP) is 4.11. The Morgan fingerprint density at radius 3 is 2.39 bits per heavy atom. The molecule has 0 aliphatic carbocycles. The minimum atomic E-state index is -3.76. The zero-order chi connectivity index (χ0) is 19.7. The van der Waals surface area contributed by atoms with Crippen molar-refractivity contribution in [3.8, 4) is 0 Å². The summed E-state index contributed by atoms with van der Waals surface area (Å²) in [6.07, 6.45) is 0. The maximum atomic E-state index is 12.6. The highest BCUT2D eigenvalue weighted by Crippen LogP contribution is 2.29. The van der Waals surface area contributed by atoms with Crippen LogP contribution >= 0.6 is 22.7 Å². The molecule has 0 aliphatic rings. The standard InChI is InChI=1S/C18H14N4O3S3/c1-11-15(16(23)21-17-20-13-9-5-6-10-14(13)26-17)27-18(19-11)22-28(24,25)12-7-3-2-4-8-12/h2-10H,1H3,(H,19,22)(H,20,21,23). The van der Waals surface area contributed by atoms with Crippen LogP contribution in [-0.2, 0) is 10.0 Å². The zero-order valence-corrected chi connectivity index (χ0v) is 17.0. The number of carbonyl (C=O) groups excluding carboxylic acids is 1. The third-order valence-corrected chi connectivity index (χ3v) is 7.30. The van der Waals surface area contributed by atoms with Crippen LogP contribution in [0.4, 0.5) is 10.3 Å². The summed E-state index contributed by atoms with van der Waals surface area (Å²) in [5, 5.41) is 3.37. The number of anilines is 2. The number of nitrogens with zero attached hydrogens (tertiary/aromatic N) is 2. The van der Waals surface area contributed by atoms with Gasteiger partial charge in [-0.3, -0.25) is 14.8 Å². The number of hydrogen-bond acceptors (Lipinski definition) is 7. The number of sulfonamides is 1. The summed E-state index contributed by atoms with van der Waals surface area (Å²) in [5.74, 6) is -0.376. The molecule has 2 aromatic heterocycles. The maximum Gasteiger partial charge on any atom is 0.269 e. The fourth-order valence-electron chi connectivity index (χ4n) is 2.50. The number of para-hydroxylation sites is 1. The number of aromatic nitrogens is 2. The molecule has 2 N–H and O–H groups in total. The first-order chi connectivity index (χ1) is 13.4. The molecule has 0 spiro atoms. The van der Waals surface area contributed by atoms with Crippen molar-refractivity contribution < 1.29 is 13.2 Å². The molecule has 28 heavy (non-hydrogen) atoms. The number of carbonyl (C=O) groups is 1. The highest BCUT2D eigenvalue weighted by atomic mass is 32.2. The lowest BCUT2D eigenvalue weighted by Crippen LogP contribution is -2.12. The van der Waals surface area contributed by atoms with E-state index in [-0.39, 0.29) is 15.9 Å². The smallest absolute Gasteiger partial charge is 0.269 e. The van der Waals surface area contributed by atoms with Crippen molar-refractivity contribution in [2.45, 2.75) is 11.8 Å². The monoisotopic (exact) mass is 430 g/mol. The van der Waals surface area contributed by atoms with Crippen molar-refractivity contribution >= 4 is 59.1 Å². The fraction of sp³-hybridized carbons (Fsp3) is 0.0556. The van der Waals surface area contributed by atoms with Crippen LogP contribution in [0.1, 0.15) is 15.4 Å². The average Bonchev–Trinajstić information content (AvgIpc) is 3.24. The molecular formula is C18H14N4O3S3. The van der Waals surface area contributed by atoms with Crippen molar-refractivity contribution in [3.63, 3.8) is 0 Å². The predicted molar refractivity (Wildman–Crippen MR) is 112 cm³/mol. The SMILES string of the molecule is Cc1nc(NS(=O)(=O)c2ccccc2)sc1C(=O)Nc1nc2ccccc2s1. The largest absolute Gasteiger partial charge is 0.297 e. The first-order valence-corrected chi connectivity index (χ1v) is 11.3. The van der Waals surface area contributed by atoms with Gasteiger partial charge in [-0.25, -0.2) is 18.4 Å². The number of nitrogens with one attached hydrogen (secondary N) is 2. The molecule has 7 nitrogen and oxygen atoms in total. The van der Waals surface area contributed by atoms with E-state index >= 15 is 0 Å². The number of benzene rings is 2. The molecule has 0 bridgehead atoms. The van der Waals surface area contributed by atoms with Gasteiger partial charge in [-0.1, -0.05) is 53.0 Å². The molecule has 4 aromatic rings. The van der Waals surface area contributed by atoms with Crippen molar-refractivity contribution in [2.75, 3.05) is 10.0 Å². The van der Waals surface area contributed by atoms with E-state index in [9.17, 15) is 13.2 Å². The first kappa shape index (κ1) is 18.5. The van der Waals surface area contributed by atoms with Gasteiger partial charge in [0, 0.05) is 0 Å². The molecule has 0 atom stereocenters. The number of thiazole rings is 2. The van der Waals surface area contributed by atoms with Gasteiger partial charge in [-0.15, -0.1) is 0 Å². The molecule has 0 saturated heterocycles. The first-order valence-electron chi connectivity index (χ1n) is 8.14. The van der Waals surface area contributed by atoms with E-state index in [0.29, 0.717) is 15.7 Å². The second kappa shape index (κ2) is 7.30. The highest BCUT2D eigenvalue weighted by molar-refractivity contribution is 7.93. The van der Waals surface area contributed by atoms with E-state index in [2.05, 4.69) is 20.0 Å². The molecule has 10 heteroatoms. The molecule has 0 saturated carbocycles. The summed E-state index contributed by atoms with van der Waals surface area (Å²) >= 11 is 2.35. The van der Waals surface area contributed by atoms with Crippen molar-refractivity contribution in [1.82, 2.24) is 9.97 Å². The van der Waals surface area contributed by atoms with Crippen molar-refractivity contribution in [3.05, 3.63) is 65.2 Å². The Labute approximate surface area is 169 Å². The number of hydrogen-bond donors (Lipinski definition) is 2. The summed E-state index contributed by atoms with van der Waals surface area (Å²) in [7, 11) is -3.76. The van der Waals surface area contributed by atoms with Gasteiger partial charge in [0.1, 0.15) is 4.88 Å². The summed E-state index contributed by atoms with van der Waals surface area (Å²) in [4.78, 5) is 21.6. The van der Waals surface area contributed by atoms with E-state index in [0.717, 1.165) is 21.6 Å². The van der Waals surface area contributed by atoms with Gasteiger partial charge in [0.2, 0.25) is 0 Å². The number of amides is 1. The maximum absolute atomic E-state index is 12.6. The zero-order valence-electron chi connectivity index (χ0n) is 14.5. The Morgan fingerprint density at radius 1 is 0.929 bits per heavy atom. The molecule has 0 unspecified atom stereocenters. The third-order valence-electron chi connectivity index (χ3n) is 3.79. The molecule has 2 aromatic carbocycles. The van der Waals surface area contributed by atoms with Crippen LogP contribution < -0.4 is 10.0 Å². The van der Waals surface area contributed by atoms with Gasteiger partial charge in [-0.05, 0) is 31.2 Å². The minimum absolute atomic E-state index is 0.128. The summed E-state index contributed by atoms with van der Waals surface area (Å²) in [6.45, 7) is 1.66. The van der Waals surface area contributed by atoms with E-state index in [1.165, 1.54) is 23.5 Å². The van der Waals surface area contributed by atoms with Gasteiger partial charge in [0.25, 0.3) is 15.9 Å². The number of fused-ring (bicyclic) bond motifs is 1. The van der Waals surface area contributed by atoms with Gasteiger partial charge in [0.05, 0.1) is 20.8 Å². The fourth-order valence-corrected chi connectivity index (χ4v) is 5.48. The Morgan fingerprint density at radius 2 is 1.64 bits per heavy atom. The van der Waals surface area contributed by atoms with Gasteiger partial charge in [-0.2, -0.15) is 0 Å². The molecule has 0 radical (unpaired) electrons.